The van der Waals surface area contributed by atoms with E-state index in [0.29, 0.717) is 50.2 Å². The van der Waals surface area contributed by atoms with Crippen molar-refractivity contribution < 1.29 is 18.0 Å². The van der Waals surface area contributed by atoms with Gasteiger partial charge in [-0.1, -0.05) is 25.1 Å². The van der Waals surface area contributed by atoms with Crippen molar-refractivity contribution in [3.8, 4) is 0 Å². The number of hydrogen-bond acceptors (Lipinski definition) is 5. The molecule has 0 aliphatic carbocycles. The molecule has 0 saturated carbocycles. The van der Waals surface area contributed by atoms with Crippen molar-refractivity contribution in [2.24, 2.45) is 5.92 Å². The molecule has 1 N–H and O–H groups in total. The molecule has 1 aromatic rings. The largest absolute Gasteiger partial charge is 0.325 e. The van der Waals surface area contributed by atoms with Gasteiger partial charge in [-0.15, -0.1) is 0 Å². The van der Waals surface area contributed by atoms with Crippen LogP contribution < -0.4 is 5.32 Å². The third kappa shape index (κ3) is 4.36. The molecule has 8 nitrogen and oxygen atoms in total. The Labute approximate surface area is 184 Å². The Hall–Kier alpha value is -1.97. The fraction of sp³-hybridized carbons (Fsp3) is 0.636. The van der Waals surface area contributed by atoms with Crippen LogP contribution in [0.4, 0.5) is 4.79 Å². The smallest absolute Gasteiger partial charge is 0.323 e. The molecule has 0 unspecified atom stereocenters. The average Bonchev–Trinajstić information content (AvgIpc) is 3.01. The topological polar surface area (TPSA) is 90.0 Å². The zero-order valence-electron chi connectivity index (χ0n) is 18.1. The Balaban J connectivity index is 1.34. The third-order valence-electron chi connectivity index (χ3n) is 6.89. The monoisotopic (exact) mass is 448 g/mol. The van der Waals surface area contributed by atoms with E-state index in [1.54, 1.807) is 30.3 Å². The number of imide groups is 1. The summed E-state index contributed by atoms with van der Waals surface area (Å²) in [5.41, 5.74) is -0.751. The number of rotatable bonds is 6. The highest BCUT2D eigenvalue weighted by Crippen LogP contribution is 2.32. The van der Waals surface area contributed by atoms with Crippen molar-refractivity contribution >= 4 is 22.0 Å². The first-order valence-corrected chi connectivity index (χ1v) is 12.7. The van der Waals surface area contributed by atoms with Crippen LogP contribution in [0.1, 0.15) is 39.0 Å². The number of urea groups is 1. The number of carbonyl (C=O) groups excluding carboxylic acids is 2. The lowest BCUT2D eigenvalue weighted by Gasteiger charge is -2.37. The van der Waals surface area contributed by atoms with E-state index in [1.165, 1.54) is 9.21 Å². The van der Waals surface area contributed by atoms with Crippen LogP contribution in [0.25, 0.3) is 0 Å². The van der Waals surface area contributed by atoms with Crippen molar-refractivity contribution in [3.63, 3.8) is 0 Å². The predicted octanol–water partition coefficient (Wildman–Crippen LogP) is 1.88. The van der Waals surface area contributed by atoms with Crippen LogP contribution in [-0.4, -0.2) is 79.3 Å². The van der Waals surface area contributed by atoms with Gasteiger partial charge in [0, 0.05) is 32.7 Å². The molecular weight excluding hydrogens is 416 g/mol. The van der Waals surface area contributed by atoms with Gasteiger partial charge in [0.1, 0.15) is 5.54 Å². The van der Waals surface area contributed by atoms with Gasteiger partial charge in [-0.05, 0) is 56.7 Å². The zero-order valence-corrected chi connectivity index (χ0v) is 18.9. The van der Waals surface area contributed by atoms with Gasteiger partial charge in [-0.3, -0.25) is 9.69 Å². The van der Waals surface area contributed by atoms with E-state index in [2.05, 4.69) is 17.1 Å². The second kappa shape index (κ2) is 8.88. The SMILES string of the molecule is CCCN1CCC2(CC1)NC(=O)N(CC1CCN(S(=O)(=O)c3ccccc3)CC1)C2=O. The standard InChI is InChI=1S/C22H32N4O4S/c1-2-12-24-15-10-22(11-16-24)20(27)26(21(28)23-22)17-18-8-13-25(14-9-18)31(29,30)19-6-4-3-5-7-19/h3-7,18H,2,8-17H2,1H3,(H,23,28). The van der Waals surface area contributed by atoms with E-state index < -0.39 is 15.6 Å². The summed E-state index contributed by atoms with van der Waals surface area (Å²) in [5, 5.41) is 2.98. The van der Waals surface area contributed by atoms with Gasteiger partial charge < -0.3 is 10.2 Å². The highest BCUT2D eigenvalue weighted by atomic mass is 32.2. The zero-order chi connectivity index (χ0) is 22.1. The van der Waals surface area contributed by atoms with Gasteiger partial charge in [0.15, 0.2) is 0 Å². The number of nitrogens with zero attached hydrogens (tertiary/aromatic N) is 3. The molecule has 31 heavy (non-hydrogen) atoms. The number of piperidine rings is 2. The van der Waals surface area contributed by atoms with Crippen LogP contribution in [0.5, 0.6) is 0 Å². The van der Waals surface area contributed by atoms with Crippen LogP contribution in [-0.2, 0) is 14.8 Å². The molecule has 0 radical (unpaired) electrons. The van der Waals surface area contributed by atoms with E-state index in [4.69, 9.17) is 0 Å². The van der Waals surface area contributed by atoms with E-state index in [1.807, 2.05) is 0 Å². The summed E-state index contributed by atoms with van der Waals surface area (Å²) < 4.78 is 27.1. The Bertz CT molecular complexity index is 905. The van der Waals surface area contributed by atoms with Gasteiger partial charge in [-0.25, -0.2) is 13.2 Å². The Morgan fingerprint density at radius 3 is 2.29 bits per heavy atom. The minimum Gasteiger partial charge on any atom is -0.323 e. The summed E-state index contributed by atoms with van der Waals surface area (Å²) in [6, 6.07) is 8.16. The summed E-state index contributed by atoms with van der Waals surface area (Å²) in [7, 11) is -3.50. The summed E-state index contributed by atoms with van der Waals surface area (Å²) in [6.07, 6.45) is 3.67. The number of benzene rings is 1. The first-order valence-electron chi connectivity index (χ1n) is 11.3. The fourth-order valence-corrected chi connectivity index (χ4v) is 6.48. The van der Waals surface area contributed by atoms with Crippen molar-refractivity contribution in [2.75, 3.05) is 39.3 Å². The highest BCUT2D eigenvalue weighted by Gasteiger charge is 2.52. The maximum Gasteiger partial charge on any atom is 0.325 e. The predicted molar refractivity (Wildman–Crippen MR) is 117 cm³/mol. The first-order chi connectivity index (χ1) is 14.9. The van der Waals surface area contributed by atoms with E-state index in [-0.39, 0.29) is 17.9 Å². The van der Waals surface area contributed by atoms with Crippen molar-refractivity contribution in [1.82, 2.24) is 19.4 Å². The van der Waals surface area contributed by atoms with E-state index in [9.17, 15) is 18.0 Å². The maximum atomic E-state index is 13.2. The van der Waals surface area contributed by atoms with Gasteiger partial charge in [0.05, 0.1) is 4.90 Å². The van der Waals surface area contributed by atoms with Gasteiger partial charge in [-0.2, -0.15) is 4.31 Å². The maximum absolute atomic E-state index is 13.2. The lowest BCUT2D eigenvalue weighted by atomic mass is 9.87. The lowest BCUT2D eigenvalue weighted by Crippen LogP contribution is -2.55. The molecule has 1 aromatic carbocycles. The average molecular weight is 449 g/mol. The molecule has 3 aliphatic heterocycles. The molecule has 1 spiro atoms. The van der Waals surface area contributed by atoms with Crippen LogP contribution in [0, 0.1) is 5.92 Å². The third-order valence-corrected chi connectivity index (χ3v) is 8.80. The molecular formula is C22H32N4O4S. The van der Waals surface area contributed by atoms with Crippen LogP contribution in [0.15, 0.2) is 35.2 Å². The second-order valence-electron chi connectivity index (χ2n) is 8.93. The second-order valence-corrected chi connectivity index (χ2v) is 10.9. The summed E-state index contributed by atoms with van der Waals surface area (Å²) in [5.74, 6) is 0.0141. The Morgan fingerprint density at radius 1 is 1.03 bits per heavy atom. The summed E-state index contributed by atoms with van der Waals surface area (Å²) in [6.45, 7) is 5.99. The number of amides is 3. The summed E-state index contributed by atoms with van der Waals surface area (Å²) >= 11 is 0. The Kier molecular flexibility index (Phi) is 6.37. The highest BCUT2D eigenvalue weighted by molar-refractivity contribution is 7.89. The fourth-order valence-electron chi connectivity index (χ4n) is 4.99. The molecule has 3 amide bonds. The quantitative estimate of drug-likeness (QED) is 0.671. The molecule has 170 valence electrons. The van der Waals surface area contributed by atoms with Crippen molar-refractivity contribution in [1.29, 1.82) is 0 Å². The minimum atomic E-state index is -3.50. The van der Waals surface area contributed by atoms with E-state index >= 15 is 0 Å². The molecule has 0 aromatic heterocycles. The van der Waals surface area contributed by atoms with Crippen LogP contribution >= 0.6 is 0 Å². The number of likely N-dealkylation sites (tertiary alicyclic amines) is 1. The van der Waals surface area contributed by atoms with Crippen molar-refractivity contribution in [3.05, 3.63) is 30.3 Å². The first kappa shape index (κ1) is 22.2. The summed E-state index contributed by atoms with van der Waals surface area (Å²) in [4.78, 5) is 29.8. The molecule has 3 aliphatic rings. The van der Waals surface area contributed by atoms with Crippen molar-refractivity contribution in [2.45, 2.75) is 49.5 Å². The van der Waals surface area contributed by atoms with Gasteiger partial charge >= 0.3 is 6.03 Å². The molecule has 0 bridgehead atoms. The molecule has 3 fully saturated rings. The lowest BCUT2D eigenvalue weighted by molar-refractivity contribution is -0.133. The molecule has 3 saturated heterocycles. The Morgan fingerprint density at radius 2 is 1.68 bits per heavy atom. The molecule has 4 rings (SSSR count). The van der Waals surface area contributed by atoms with Crippen LogP contribution in [0.2, 0.25) is 0 Å². The normalized spacial score (nSPS) is 23.5. The number of carbonyl (C=O) groups is 2. The number of sulfonamides is 1. The number of nitrogens with one attached hydrogen (secondary N) is 1. The molecule has 3 heterocycles. The van der Waals surface area contributed by atoms with Gasteiger partial charge in [0.2, 0.25) is 10.0 Å². The minimum absolute atomic E-state index is 0.104. The molecule has 9 heteroatoms. The van der Waals surface area contributed by atoms with Gasteiger partial charge in [0.25, 0.3) is 5.91 Å². The molecule has 0 atom stereocenters. The van der Waals surface area contributed by atoms with Crippen LogP contribution in [0.3, 0.4) is 0 Å². The number of hydrogen-bond donors (Lipinski definition) is 1. The van der Waals surface area contributed by atoms with E-state index in [0.717, 1.165) is 26.1 Å².